The summed E-state index contributed by atoms with van der Waals surface area (Å²) in [5.74, 6) is 0. The van der Waals surface area contributed by atoms with Gasteiger partial charge in [-0.1, -0.05) is 0 Å². The lowest BCUT2D eigenvalue weighted by Gasteiger charge is -2.16. The molecule has 2 aliphatic heterocycles. The van der Waals surface area contributed by atoms with Gasteiger partial charge in [-0.25, -0.2) is 4.79 Å². The van der Waals surface area contributed by atoms with Crippen LogP contribution < -0.4 is 5.32 Å². The first-order valence-corrected chi connectivity index (χ1v) is 4.41. The second-order valence-electron chi connectivity index (χ2n) is 3.94. The molecular weight excluding hydrogens is 140 g/mol. The van der Waals surface area contributed by atoms with E-state index < -0.39 is 0 Å². The van der Waals surface area contributed by atoms with E-state index in [1.165, 1.54) is 25.7 Å². The van der Waals surface area contributed by atoms with E-state index in [1.54, 1.807) is 0 Å². The van der Waals surface area contributed by atoms with Crippen LogP contribution in [0.2, 0.25) is 0 Å². The molecule has 1 spiro atoms. The maximum atomic E-state index is 11.3. The molecule has 3 nitrogen and oxygen atoms in total. The van der Waals surface area contributed by atoms with Crippen LogP contribution in [0.3, 0.4) is 0 Å². The summed E-state index contributed by atoms with van der Waals surface area (Å²) < 4.78 is 0. The van der Waals surface area contributed by atoms with E-state index in [4.69, 9.17) is 0 Å². The van der Waals surface area contributed by atoms with Crippen LogP contribution in [0, 0.1) is 0 Å². The molecule has 0 unspecified atom stereocenters. The van der Waals surface area contributed by atoms with Gasteiger partial charge in [0.1, 0.15) is 0 Å². The Morgan fingerprint density at radius 3 is 3.09 bits per heavy atom. The van der Waals surface area contributed by atoms with Gasteiger partial charge in [0.05, 0.1) is 11.6 Å². The summed E-state index contributed by atoms with van der Waals surface area (Å²) in [7, 11) is 0. The number of amides is 2. The lowest BCUT2D eigenvalue weighted by atomic mass is 10.1. The third-order valence-corrected chi connectivity index (χ3v) is 3.30. The molecule has 3 rings (SSSR count). The number of carbonyl (C=O) groups excluding carboxylic acids is 1. The Morgan fingerprint density at radius 1 is 1.55 bits per heavy atom. The van der Waals surface area contributed by atoms with E-state index in [1.807, 2.05) is 4.90 Å². The minimum Gasteiger partial charge on any atom is -0.330 e. The molecule has 2 amide bonds. The standard InChI is InChI=1S/C8H12N2O/c11-7-9-8(3-4-8)6-2-1-5-10(6)7/h6H,1-5H2,(H,9,11)/t6-/m0/s1. The summed E-state index contributed by atoms with van der Waals surface area (Å²) in [6.45, 7) is 0.984. The molecule has 3 aliphatic rings. The van der Waals surface area contributed by atoms with Crippen LogP contribution in [0.25, 0.3) is 0 Å². The highest BCUT2D eigenvalue weighted by molar-refractivity contribution is 5.80. The fourth-order valence-corrected chi connectivity index (χ4v) is 2.55. The van der Waals surface area contributed by atoms with Crippen molar-refractivity contribution in [2.45, 2.75) is 37.3 Å². The van der Waals surface area contributed by atoms with Crippen molar-refractivity contribution in [2.75, 3.05) is 6.54 Å². The SMILES string of the molecule is O=C1NC2(CC2)[C@@H]2CCCN12. The number of hydrogen-bond acceptors (Lipinski definition) is 1. The van der Waals surface area contributed by atoms with Crippen molar-refractivity contribution in [1.82, 2.24) is 10.2 Å². The first-order chi connectivity index (χ1) is 5.32. The zero-order valence-electron chi connectivity index (χ0n) is 6.47. The van der Waals surface area contributed by atoms with Crippen LogP contribution in [0.5, 0.6) is 0 Å². The van der Waals surface area contributed by atoms with E-state index in [-0.39, 0.29) is 11.6 Å². The Labute approximate surface area is 65.7 Å². The highest BCUT2D eigenvalue weighted by Crippen LogP contribution is 2.48. The van der Waals surface area contributed by atoms with Crippen molar-refractivity contribution >= 4 is 6.03 Å². The van der Waals surface area contributed by atoms with E-state index in [0.29, 0.717) is 6.04 Å². The fourth-order valence-electron chi connectivity index (χ4n) is 2.55. The van der Waals surface area contributed by atoms with Crippen LogP contribution >= 0.6 is 0 Å². The number of hydrogen-bond donors (Lipinski definition) is 1. The van der Waals surface area contributed by atoms with Gasteiger partial charge in [0, 0.05) is 6.54 Å². The largest absolute Gasteiger partial charge is 0.330 e. The topological polar surface area (TPSA) is 32.3 Å². The first-order valence-electron chi connectivity index (χ1n) is 4.41. The number of fused-ring (bicyclic) bond motifs is 2. The minimum atomic E-state index is 0.185. The molecule has 0 aromatic heterocycles. The number of urea groups is 1. The average molecular weight is 152 g/mol. The van der Waals surface area contributed by atoms with Crippen LogP contribution in [-0.4, -0.2) is 29.1 Å². The molecule has 2 heterocycles. The van der Waals surface area contributed by atoms with Crippen LogP contribution in [-0.2, 0) is 0 Å². The van der Waals surface area contributed by atoms with Crippen molar-refractivity contribution in [1.29, 1.82) is 0 Å². The van der Waals surface area contributed by atoms with Gasteiger partial charge in [-0.15, -0.1) is 0 Å². The minimum absolute atomic E-state index is 0.185. The van der Waals surface area contributed by atoms with Crippen molar-refractivity contribution in [2.24, 2.45) is 0 Å². The lowest BCUT2D eigenvalue weighted by Crippen LogP contribution is -2.33. The van der Waals surface area contributed by atoms with Crippen LogP contribution in [0.15, 0.2) is 0 Å². The second-order valence-corrected chi connectivity index (χ2v) is 3.94. The highest BCUT2D eigenvalue weighted by Gasteiger charge is 2.59. The predicted octanol–water partition coefficient (Wildman–Crippen LogP) is 0.707. The number of carbonyl (C=O) groups is 1. The van der Waals surface area contributed by atoms with Crippen molar-refractivity contribution < 1.29 is 4.79 Å². The first kappa shape index (κ1) is 5.86. The molecule has 0 aromatic rings. The summed E-state index contributed by atoms with van der Waals surface area (Å²) in [4.78, 5) is 13.3. The summed E-state index contributed by atoms with van der Waals surface area (Å²) in [5, 5.41) is 3.09. The Bertz CT molecular complexity index is 222. The summed E-state index contributed by atoms with van der Waals surface area (Å²) >= 11 is 0. The Kier molecular flexibility index (Phi) is 0.822. The van der Waals surface area contributed by atoms with Gasteiger partial charge < -0.3 is 10.2 Å². The quantitative estimate of drug-likeness (QED) is 0.544. The normalized spacial score (nSPS) is 37.6. The molecule has 0 aromatic carbocycles. The smallest absolute Gasteiger partial charge is 0.318 e. The van der Waals surface area contributed by atoms with E-state index in [2.05, 4.69) is 5.32 Å². The van der Waals surface area contributed by atoms with Crippen molar-refractivity contribution in [3.8, 4) is 0 Å². The number of nitrogens with zero attached hydrogens (tertiary/aromatic N) is 1. The van der Waals surface area contributed by atoms with Gasteiger partial charge in [-0.2, -0.15) is 0 Å². The highest BCUT2D eigenvalue weighted by atomic mass is 16.2. The van der Waals surface area contributed by atoms with Gasteiger partial charge in [0.15, 0.2) is 0 Å². The third kappa shape index (κ3) is 0.572. The molecule has 1 atom stereocenters. The number of rotatable bonds is 0. The van der Waals surface area contributed by atoms with E-state index in [9.17, 15) is 4.79 Å². The third-order valence-electron chi connectivity index (χ3n) is 3.30. The fraction of sp³-hybridized carbons (Fsp3) is 0.875. The molecule has 3 fully saturated rings. The lowest BCUT2D eigenvalue weighted by molar-refractivity contribution is 0.216. The molecular formula is C8H12N2O. The summed E-state index contributed by atoms with van der Waals surface area (Å²) in [5.41, 5.74) is 0.244. The zero-order chi connectivity index (χ0) is 7.47. The zero-order valence-corrected chi connectivity index (χ0v) is 6.47. The van der Waals surface area contributed by atoms with Gasteiger partial charge in [-0.05, 0) is 25.7 Å². The van der Waals surface area contributed by atoms with Crippen LogP contribution in [0.4, 0.5) is 4.79 Å². The number of nitrogens with one attached hydrogen (secondary N) is 1. The molecule has 0 bridgehead atoms. The molecule has 1 N–H and O–H groups in total. The molecule has 11 heavy (non-hydrogen) atoms. The summed E-state index contributed by atoms with van der Waals surface area (Å²) in [6, 6.07) is 0.736. The van der Waals surface area contributed by atoms with E-state index in [0.717, 1.165) is 6.54 Å². The maximum absolute atomic E-state index is 11.3. The Hall–Kier alpha value is -0.730. The molecule has 1 aliphatic carbocycles. The Morgan fingerprint density at radius 2 is 2.36 bits per heavy atom. The molecule has 2 saturated heterocycles. The Balaban J connectivity index is 1.97. The van der Waals surface area contributed by atoms with Crippen LogP contribution in [0.1, 0.15) is 25.7 Å². The van der Waals surface area contributed by atoms with Gasteiger partial charge >= 0.3 is 6.03 Å². The second kappa shape index (κ2) is 1.54. The predicted molar refractivity (Wildman–Crippen MR) is 40.2 cm³/mol. The van der Waals surface area contributed by atoms with Gasteiger partial charge in [-0.3, -0.25) is 0 Å². The van der Waals surface area contributed by atoms with E-state index >= 15 is 0 Å². The van der Waals surface area contributed by atoms with Gasteiger partial charge in [0.2, 0.25) is 0 Å². The maximum Gasteiger partial charge on any atom is 0.318 e. The summed E-state index contributed by atoms with van der Waals surface area (Å²) in [6.07, 6.45) is 4.85. The van der Waals surface area contributed by atoms with Crippen molar-refractivity contribution in [3.63, 3.8) is 0 Å². The average Bonchev–Trinajstić information content (AvgIpc) is 2.52. The van der Waals surface area contributed by atoms with Crippen molar-refractivity contribution in [3.05, 3.63) is 0 Å². The van der Waals surface area contributed by atoms with Gasteiger partial charge in [0.25, 0.3) is 0 Å². The molecule has 60 valence electrons. The monoisotopic (exact) mass is 152 g/mol. The molecule has 0 radical (unpaired) electrons. The molecule has 3 heteroatoms. The molecule has 1 saturated carbocycles.